The van der Waals surface area contributed by atoms with Crippen molar-refractivity contribution >= 4 is 28.9 Å². The fourth-order valence-electron chi connectivity index (χ4n) is 4.99. The van der Waals surface area contributed by atoms with E-state index < -0.39 is 17.5 Å². The van der Waals surface area contributed by atoms with Crippen LogP contribution in [-0.4, -0.2) is 31.1 Å². The molecule has 8 nitrogen and oxygen atoms in total. The molecule has 4 aromatic rings. The van der Waals surface area contributed by atoms with Gasteiger partial charge in [-0.2, -0.15) is 13.2 Å². The lowest BCUT2D eigenvalue weighted by molar-refractivity contribution is -0.141. The van der Waals surface area contributed by atoms with Crippen LogP contribution in [0.2, 0.25) is 0 Å². The van der Waals surface area contributed by atoms with Crippen LogP contribution in [0.3, 0.4) is 0 Å². The van der Waals surface area contributed by atoms with Crippen molar-refractivity contribution in [3.05, 3.63) is 88.3 Å². The number of thiazole rings is 1. The van der Waals surface area contributed by atoms with Gasteiger partial charge in [-0.05, 0) is 73.1 Å². The minimum atomic E-state index is -4.58. The van der Waals surface area contributed by atoms with Gasteiger partial charge in [0, 0.05) is 30.5 Å². The number of anilines is 2. The SMILES string of the molecule is Cc1cc(Nc2nccc(C(F)(F)F)n2)cc(-c2cnc([C@]3(O)CC[C@@H](C(=O)NCc4ccc(CO)cc4)CC3)s2)c1. The van der Waals surface area contributed by atoms with Crippen molar-refractivity contribution in [1.82, 2.24) is 20.3 Å². The number of carbonyl (C=O) groups excluding carboxylic acids is 1. The van der Waals surface area contributed by atoms with Gasteiger partial charge in [0.25, 0.3) is 0 Å². The Labute approximate surface area is 244 Å². The van der Waals surface area contributed by atoms with Gasteiger partial charge in [0.05, 0.1) is 11.5 Å². The van der Waals surface area contributed by atoms with Crippen LogP contribution in [0.5, 0.6) is 0 Å². The summed E-state index contributed by atoms with van der Waals surface area (Å²) in [6, 6.07) is 13.7. The summed E-state index contributed by atoms with van der Waals surface area (Å²) in [5, 5.41) is 27.0. The number of hydrogen-bond donors (Lipinski definition) is 4. The molecule has 42 heavy (non-hydrogen) atoms. The number of carbonyl (C=O) groups is 1. The third-order valence-corrected chi connectivity index (χ3v) is 8.56. The summed E-state index contributed by atoms with van der Waals surface area (Å²) in [5.41, 5.74) is 1.76. The molecule has 0 saturated heterocycles. The molecule has 1 saturated carbocycles. The first-order valence-corrected chi connectivity index (χ1v) is 14.3. The molecule has 12 heteroatoms. The van der Waals surface area contributed by atoms with E-state index in [0.29, 0.717) is 42.9 Å². The zero-order valence-corrected chi connectivity index (χ0v) is 23.6. The molecule has 1 aliphatic carbocycles. The predicted octanol–water partition coefficient (Wildman–Crippen LogP) is 5.86. The van der Waals surface area contributed by atoms with Crippen molar-refractivity contribution in [3.8, 4) is 10.4 Å². The van der Waals surface area contributed by atoms with E-state index in [9.17, 15) is 28.2 Å². The van der Waals surface area contributed by atoms with E-state index in [1.54, 1.807) is 18.3 Å². The molecule has 0 spiro atoms. The standard InChI is InChI=1S/C30H30F3N5O3S/c1-18-12-22(14-23(13-18)37-28-34-11-8-25(38-28)30(31,32)33)24-16-36-27(42-24)29(41)9-6-21(7-10-29)26(40)35-15-19-2-4-20(17-39)5-3-19/h2-5,8,11-14,16,21,39,41H,6-7,9-10,15,17H2,1H3,(H,35,40)(H,34,37,38)/t21-,29+. The fourth-order valence-corrected chi connectivity index (χ4v) is 6.04. The van der Waals surface area contributed by atoms with Gasteiger partial charge >= 0.3 is 6.18 Å². The molecule has 220 valence electrons. The Morgan fingerprint density at radius 1 is 1.07 bits per heavy atom. The van der Waals surface area contributed by atoms with Crippen LogP contribution in [0.1, 0.15) is 53.1 Å². The van der Waals surface area contributed by atoms with Crippen LogP contribution in [0.4, 0.5) is 24.8 Å². The van der Waals surface area contributed by atoms with Crippen molar-refractivity contribution in [1.29, 1.82) is 0 Å². The molecular weight excluding hydrogens is 567 g/mol. The highest BCUT2D eigenvalue weighted by Gasteiger charge is 2.39. The predicted molar refractivity (Wildman–Crippen MR) is 153 cm³/mol. The van der Waals surface area contributed by atoms with Crippen molar-refractivity contribution in [2.75, 3.05) is 5.32 Å². The Kier molecular flexibility index (Phi) is 8.58. The van der Waals surface area contributed by atoms with Crippen LogP contribution in [0.25, 0.3) is 10.4 Å². The summed E-state index contributed by atoms with van der Waals surface area (Å²) in [5.74, 6) is -0.418. The normalized spacial score (nSPS) is 19.0. The van der Waals surface area contributed by atoms with E-state index in [2.05, 4.69) is 25.6 Å². The first kappa shape index (κ1) is 29.6. The molecule has 0 unspecified atom stereocenters. The number of aromatic nitrogens is 3. The average molecular weight is 598 g/mol. The maximum atomic E-state index is 13.1. The number of nitrogens with one attached hydrogen (secondary N) is 2. The van der Waals surface area contributed by atoms with Crippen LogP contribution >= 0.6 is 11.3 Å². The lowest BCUT2D eigenvalue weighted by atomic mass is 9.78. The van der Waals surface area contributed by atoms with E-state index in [1.165, 1.54) is 11.3 Å². The van der Waals surface area contributed by atoms with Crippen molar-refractivity contribution < 1.29 is 28.2 Å². The van der Waals surface area contributed by atoms with Gasteiger partial charge in [-0.1, -0.05) is 30.3 Å². The Balaban J connectivity index is 1.22. The molecule has 0 bridgehead atoms. The molecule has 1 amide bonds. The van der Waals surface area contributed by atoms with Gasteiger partial charge in [0.15, 0.2) is 0 Å². The van der Waals surface area contributed by atoms with E-state index in [1.807, 2.05) is 37.3 Å². The van der Waals surface area contributed by atoms with Gasteiger partial charge in [0.1, 0.15) is 16.3 Å². The zero-order chi connectivity index (χ0) is 29.9. The molecule has 0 aliphatic heterocycles. The number of nitrogens with zero attached hydrogens (tertiary/aromatic N) is 3. The minimum Gasteiger partial charge on any atom is -0.392 e. The first-order chi connectivity index (χ1) is 20.0. The monoisotopic (exact) mass is 597 g/mol. The highest BCUT2D eigenvalue weighted by Crippen LogP contribution is 2.43. The van der Waals surface area contributed by atoms with Gasteiger partial charge in [-0.3, -0.25) is 4.79 Å². The molecule has 2 heterocycles. The van der Waals surface area contributed by atoms with Gasteiger partial charge < -0.3 is 20.8 Å². The van der Waals surface area contributed by atoms with Crippen molar-refractivity contribution in [2.24, 2.45) is 5.92 Å². The Morgan fingerprint density at radius 3 is 2.48 bits per heavy atom. The number of benzene rings is 2. The zero-order valence-electron chi connectivity index (χ0n) is 22.8. The maximum absolute atomic E-state index is 13.1. The molecule has 1 fully saturated rings. The van der Waals surface area contributed by atoms with Crippen LogP contribution in [0, 0.1) is 12.8 Å². The first-order valence-electron chi connectivity index (χ1n) is 13.5. The molecule has 4 N–H and O–H groups in total. The summed E-state index contributed by atoms with van der Waals surface area (Å²) < 4.78 is 39.2. The Morgan fingerprint density at radius 2 is 1.79 bits per heavy atom. The van der Waals surface area contributed by atoms with Crippen LogP contribution < -0.4 is 10.6 Å². The topological polar surface area (TPSA) is 120 Å². The molecule has 2 aromatic heterocycles. The Bertz CT molecular complexity index is 1550. The number of hydrogen-bond acceptors (Lipinski definition) is 8. The van der Waals surface area contributed by atoms with E-state index >= 15 is 0 Å². The number of halogens is 3. The molecule has 0 atom stereocenters. The summed E-state index contributed by atoms with van der Waals surface area (Å²) in [6.45, 7) is 2.24. The molecule has 2 aromatic carbocycles. The lowest BCUT2D eigenvalue weighted by Gasteiger charge is -2.33. The largest absolute Gasteiger partial charge is 0.433 e. The molecular formula is C30H30F3N5O3S. The van der Waals surface area contributed by atoms with Crippen LogP contribution in [-0.2, 0) is 29.7 Å². The quantitative estimate of drug-likeness (QED) is 0.201. The summed E-state index contributed by atoms with van der Waals surface area (Å²) in [6.07, 6.45) is 0.00628. The fraction of sp³-hybridized carbons (Fsp3) is 0.333. The van der Waals surface area contributed by atoms with E-state index in [4.69, 9.17) is 0 Å². The number of aliphatic hydroxyl groups excluding tert-OH is 1. The lowest BCUT2D eigenvalue weighted by Crippen LogP contribution is -2.38. The molecule has 0 radical (unpaired) electrons. The number of alkyl halides is 3. The number of rotatable bonds is 8. The van der Waals surface area contributed by atoms with Crippen molar-refractivity contribution in [2.45, 2.75) is 57.5 Å². The number of aryl methyl sites for hydroxylation is 1. The smallest absolute Gasteiger partial charge is 0.392 e. The second-order valence-corrected chi connectivity index (χ2v) is 11.5. The number of amides is 1. The van der Waals surface area contributed by atoms with E-state index in [-0.39, 0.29) is 24.4 Å². The third-order valence-electron chi connectivity index (χ3n) is 7.32. The third kappa shape index (κ3) is 6.94. The highest BCUT2D eigenvalue weighted by molar-refractivity contribution is 7.15. The van der Waals surface area contributed by atoms with E-state index in [0.717, 1.165) is 39.4 Å². The summed E-state index contributed by atoms with van der Waals surface area (Å²) in [4.78, 5) is 25.6. The van der Waals surface area contributed by atoms with Gasteiger partial charge in [0.2, 0.25) is 11.9 Å². The van der Waals surface area contributed by atoms with Crippen LogP contribution in [0.15, 0.2) is 60.9 Å². The summed E-state index contributed by atoms with van der Waals surface area (Å²) in [7, 11) is 0. The second-order valence-electron chi connectivity index (χ2n) is 10.5. The van der Waals surface area contributed by atoms with Gasteiger partial charge in [-0.15, -0.1) is 11.3 Å². The summed E-state index contributed by atoms with van der Waals surface area (Å²) >= 11 is 1.35. The molecule has 1 aliphatic rings. The minimum absolute atomic E-state index is 0.0276. The second kappa shape index (κ2) is 12.2. The van der Waals surface area contributed by atoms with Gasteiger partial charge in [-0.25, -0.2) is 15.0 Å². The number of aliphatic hydroxyl groups is 2. The molecule has 5 rings (SSSR count). The average Bonchev–Trinajstić information content (AvgIpc) is 3.48. The highest BCUT2D eigenvalue weighted by atomic mass is 32.1. The van der Waals surface area contributed by atoms with Crippen molar-refractivity contribution in [3.63, 3.8) is 0 Å². The Hall–Kier alpha value is -3.87. The maximum Gasteiger partial charge on any atom is 0.433 e.